The van der Waals surface area contributed by atoms with E-state index in [1.54, 1.807) is 0 Å². The van der Waals surface area contributed by atoms with Gasteiger partial charge in [0.1, 0.15) is 12.4 Å². The van der Waals surface area contributed by atoms with Crippen molar-refractivity contribution in [2.75, 3.05) is 6.61 Å². The standard InChI is InChI=1S/C30H36O4/c1-7-9-11-13-21-18(3)15-23-20(5)29(34-27(23)25(21)31)30(6)17-33-28-24(30)16-19(4)22(26(28)32)14-12-10-8-2/h7-10,15-16,31-32H,11-14,17H2,1-6H3/b9-7+,10-8+. The van der Waals surface area contributed by atoms with Crippen molar-refractivity contribution < 1.29 is 19.4 Å². The van der Waals surface area contributed by atoms with Gasteiger partial charge in [0, 0.05) is 22.1 Å². The number of aryl methyl sites for hydroxylation is 3. The Kier molecular flexibility index (Phi) is 6.53. The van der Waals surface area contributed by atoms with Crippen molar-refractivity contribution in [3.05, 3.63) is 75.6 Å². The molecule has 4 heteroatoms. The molecule has 180 valence electrons. The van der Waals surface area contributed by atoms with Gasteiger partial charge >= 0.3 is 0 Å². The van der Waals surface area contributed by atoms with Crippen molar-refractivity contribution >= 4 is 11.0 Å². The summed E-state index contributed by atoms with van der Waals surface area (Å²) in [5, 5.41) is 23.1. The number of phenols is 2. The smallest absolute Gasteiger partial charge is 0.176 e. The van der Waals surface area contributed by atoms with Crippen LogP contribution in [0.2, 0.25) is 0 Å². The fraction of sp³-hybridized carbons (Fsp3) is 0.400. The predicted octanol–water partition coefficient (Wildman–Crippen LogP) is 7.49. The van der Waals surface area contributed by atoms with E-state index in [4.69, 9.17) is 9.15 Å². The highest BCUT2D eigenvalue weighted by atomic mass is 16.5. The molecule has 2 N–H and O–H groups in total. The normalized spacial score (nSPS) is 17.8. The summed E-state index contributed by atoms with van der Waals surface area (Å²) in [6.45, 7) is 12.6. The predicted molar refractivity (Wildman–Crippen MR) is 138 cm³/mol. The summed E-state index contributed by atoms with van der Waals surface area (Å²) in [5.41, 5.74) is 5.89. The third-order valence-electron chi connectivity index (χ3n) is 7.31. The molecule has 4 rings (SSSR count). The summed E-state index contributed by atoms with van der Waals surface area (Å²) in [5.74, 6) is 1.80. The third-order valence-corrected chi connectivity index (χ3v) is 7.31. The lowest BCUT2D eigenvalue weighted by molar-refractivity contribution is 0.272. The average molecular weight is 461 g/mol. The quantitative estimate of drug-likeness (QED) is 0.359. The lowest BCUT2D eigenvalue weighted by Crippen LogP contribution is -2.25. The Morgan fingerprint density at radius 2 is 1.50 bits per heavy atom. The van der Waals surface area contributed by atoms with Gasteiger partial charge in [0.05, 0.1) is 5.41 Å². The third kappa shape index (κ3) is 3.79. The summed E-state index contributed by atoms with van der Waals surface area (Å²) in [6, 6.07) is 4.25. The van der Waals surface area contributed by atoms with E-state index in [2.05, 4.69) is 31.2 Å². The van der Waals surface area contributed by atoms with E-state index in [1.165, 1.54) is 0 Å². The van der Waals surface area contributed by atoms with Crippen LogP contribution in [0.4, 0.5) is 0 Å². The molecule has 0 spiro atoms. The van der Waals surface area contributed by atoms with Crippen LogP contribution in [0.3, 0.4) is 0 Å². The second-order valence-corrected chi connectivity index (χ2v) is 9.69. The van der Waals surface area contributed by atoms with Crippen LogP contribution in [-0.2, 0) is 18.3 Å². The zero-order chi connectivity index (χ0) is 24.6. The summed E-state index contributed by atoms with van der Waals surface area (Å²) < 4.78 is 12.5. The first-order chi connectivity index (χ1) is 16.2. The minimum absolute atomic E-state index is 0.231. The molecule has 3 aromatic rings. The molecule has 1 unspecified atom stereocenters. The van der Waals surface area contributed by atoms with Gasteiger partial charge in [-0.05, 0) is 90.0 Å². The van der Waals surface area contributed by atoms with E-state index in [0.29, 0.717) is 17.9 Å². The number of aromatic hydroxyl groups is 2. The Labute approximate surface area is 202 Å². The highest BCUT2D eigenvalue weighted by Gasteiger charge is 2.44. The van der Waals surface area contributed by atoms with Gasteiger partial charge in [-0.1, -0.05) is 30.4 Å². The van der Waals surface area contributed by atoms with Crippen molar-refractivity contribution in [1.29, 1.82) is 0 Å². The molecular formula is C30H36O4. The number of furan rings is 1. The SMILES string of the molecule is C/C=C/CCc1c(C)cc2c(c1O)OCC2(C)c1oc2c(O)c(CC/C=C/C)c(C)cc2c1C. The molecule has 1 aliphatic heterocycles. The van der Waals surface area contributed by atoms with Crippen LogP contribution in [0, 0.1) is 20.8 Å². The second-order valence-electron chi connectivity index (χ2n) is 9.69. The fourth-order valence-corrected chi connectivity index (χ4v) is 5.31. The van der Waals surface area contributed by atoms with Crippen LogP contribution in [0.1, 0.15) is 72.8 Å². The zero-order valence-corrected chi connectivity index (χ0v) is 21.2. The molecule has 0 bridgehead atoms. The molecule has 0 radical (unpaired) electrons. The molecular weight excluding hydrogens is 424 g/mol. The topological polar surface area (TPSA) is 62.8 Å². The number of hydrogen-bond donors (Lipinski definition) is 2. The monoisotopic (exact) mass is 460 g/mol. The lowest BCUT2D eigenvalue weighted by Gasteiger charge is -2.22. The molecule has 2 heterocycles. The molecule has 0 saturated heterocycles. The summed E-state index contributed by atoms with van der Waals surface area (Å²) >= 11 is 0. The van der Waals surface area contributed by atoms with Crippen LogP contribution in [0.5, 0.6) is 17.2 Å². The van der Waals surface area contributed by atoms with Crippen LogP contribution < -0.4 is 4.74 Å². The first-order valence-corrected chi connectivity index (χ1v) is 12.2. The Morgan fingerprint density at radius 1 is 0.912 bits per heavy atom. The van der Waals surface area contributed by atoms with Gasteiger partial charge in [0.25, 0.3) is 0 Å². The van der Waals surface area contributed by atoms with Gasteiger partial charge in [-0.3, -0.25) is 0 Å². The van der Waals surface area contributed by atoms with E-state index < -0.39 is 5.41 Å². The number of ether oxygens (including phenoxy) is 1. The molecule has 0 saturated carbocycles. The minimum atomic E-state index is -0.562. The second kappa shape index (κ2) is 9.25. The van der Waals surface area contributed by atoms with Crippen molar-refractivity contribution in [1.82, 2.24) is 0 Å². The highest BCUT2D eigenvalue weighted by molar-refractivity contribution is 5.89. The maximum Gasteiger partial charge on any atom is 0.176 e. The minimum Gasteiger partial charge on any atom is -0.504 e. The van der Waals surface area contributed by atoms with Crippen molar-refractivity contribution in [2.24, 2.45) is 0 Å². The van der Waals surface area contributed by atoms with Crippen molar-refractivity contribution in [3.8, 4) is 17.2 Å². The number of rotatable bonds is 7. The maximum absolute atomic E-state index is 11.1. The Balaban J connectivity index is 1.82. The summed E-state index contributed by atoms with van der Waals surface area (Å²) in [7, 11) is 0. The number of fused-ring (bicyclic) bond motifs is 2. The number of benzene rings is 2. The molecule has 2 aromatic carbocycles. The van der Waals surface area contributed by atoms with E-state index >= 15 is 0 Å². The molecule has 34 heavy (non-hydrogen) atoms. The Bertz CT molecular complexity index is 1290. The van der Waals surface area contributed by atoms with Gasteiger partial charge in [-0.25, -0.2) is 0 Å². The van der Waals surface area contributed by atoms with Crippen LogP contribution >= 0.6 is 0 Å². The van der Waals surface area contributed by atoms with Crippen molar-refractivity contribution in [2.45, 2.75) is 72.6 Å². The highest BCUT2D eigenvalue weighted by Crippen LogP contribution is 2.52. The molecule has 0 aliphatic carbocycles. The van der Waals surface area contributed by atoms with Gasteiger partial charge in [-0.2, -0.15) is 0 Å². The van der Waals surface area contributed by atoms with E-state index in [-0.39, 0.29) is 11.5 Å². The van der Waals surface area contributed by atoms with Crippen LogP contribution in [-0.4, -0.2) is 16.8 Å². The van der Waals surface area contributed by atoms with Gasteiger partial charge in [-0.15, -0.1) is 0 Å². The van der Waals surface area contributed by atoms with Crippen LogP contribution in [0.15, 0.2) is 40.9 Å². The zero-order valence-electron chi connectivity index (χ0n) is 21.2. The van der Waals surface area contributed by atoms with Gasteiger partial charge < -0.3 is 19.4 Å². The number of phenolic OH excluding ortho intramolecular Hbond substituents is 2. The Hall–Kier alpha value is -3.14. The molecule has 0 fully saturated rings. The molecule has 1 aromatic heterocycles. The van der Waals surface area contributed by atoms with E-state index in [9.17, 15) is 10.2 Å². The van der Waals surface area contributed by atoms with E-state index in [0.717, 1.165) is 70.2 Å². The first kappa shape index (κ1) is 24.0. The molecule has 1 atom stereocenters. The molecule has 4 nitrogen and oxygen atoms in total. The largest absolute Gasteiger partial charge is 0.504 e. The summed E-state index contributed by atoms with van der Waals surface area (Å²) in [6.07, 6.45) is 11.5. The first-order valence-electron chi connectivity index (χ1n) is 12.2. The summed E-state index contributed by atoms with van der Waals surface area (Å²) in [4.78, 5) is 0. The number of hydrogen-bond acceptors (Lipinski definition) is 4. The van der Waals surface area contributed by atoms with Crippen LogP contribution in [0.25, 0.3) is 11.0 Å². The maximum atomic E-state index is 11.1. The van der Waals surface area contributed by atoms with E-state index in [1.807, 2.05) is 46.8 Å². The number of allylic oxidation sites excluding steroid dienone is 4. The van der Waals surface area contributed by atoms with Gasteiger partial charge in [0.15, 0.2) is 22.8 Å². The molecule has 0 amide bonds. The Morgan fingerprint density at radius 3 is 2.12 bits per heavy atom. The lowest BCUT2D eigenvalue weighted by atomic mass is 9.79. The molecule has 1 aliphatic rings. The van der Waals surface area contributed by atoms with Gasteiger partial charge in [0.2, 0.25) is 0 Å². The fourth-order valence-electron chi connectivity index (χ4n) is 5.31. The average Bonchev–Trinajstić information content (AvgIpc) is 3.31. The van der Waals surface area contributed by atoms with Crippen molar-refractivity contribution in [3.63, 3.8) is 0 Å².